The fourth-order valence-corrected chi connectivity index (χ4v) is 2.31. The number of hydrogen-bond acceptors (Lipinski definition) is 4. The molecule has 0 radical (unpaired) electrons. The van der Waals surface area contributed by atoms with Crippen molar-refractivity contribution in [1.82, 2.24) is 9.78 Å². The molecule has 0 spiro atoms. The lowest BCUT2D eigenvalue weighted by Gasteiger charge is -2.05. The highest BCUT2D eigenvalue weighted by atomic mass is 35.5. The van der Waals surface area contributed by atoms with E-state index < -0.39 is 9.84 Å². The van der Waals surface area contributed by atoms with E-state index in [1.54, 1.807) is 18.2 Å². The Morgan fingerprint density at radius 3 is 2.63 bits per heavy atom. The van der Waals surface area contributed by atoms with Crippen molar-refractivity contribution in [2.45, 2.75) is 4.90 Å². The zero-order chi connectivity index (χ0) is 14.2. The number of sulfone groups is 1. The minimum atomic E-state index is -3.29. The van der Waals surface area contributed by atoms with Gasteiger partial charge in [0.25, 0.3) is 0 Å². The van der Waals surface area contributed by atoms with Gasteiger partial charge in [-0.15, -0.1) is 0 Å². The lowest BCUT2D eigenvalue weighted by molar-refractivity contribution is 0.602. The highest BCUT2D eigenvalue weighted by molar-refractivity contribution is 7.90. The van der Waals surface area contributed by atoms with Gasteiger partial charge in [0.1, 0.15) is 10.7 Å². The molecule has 2 rings (SSSR count). The van der Waals surface area contributed by atoms with E-state index in [1.807, 2.05) is 0 Å². The largest absolute Gasteiger partial charge is 0.384 e. The summed E-state index contributed by atoms with van der Waals surface area (Å²) in [6.45, 7) is 0. The van der Waals surface area contributed by atoms with Crippen LogP contribution in [-0.2, 0) is 9.84 Å². The van der Waals surface area contributed by atoms with Gasteiger partial charge >= 0.3 is 0 Å². The highest BCUT2D eigenvalue weighted by Gasteiger charge is 2.12. The van der Waals surface area contributed by atoms with Gasteiger partial charge in [0, 0.05) is 18.0 Å². The maximum Gasteiger partial charge on any atom is 0.178 e. The average molecular weight is 299 g/mol. The molecule has 1 aromatic heterocycles. The van der Waals surface area contributed by atoms with Crippen molar-refractivity contribution in [3.63, 3.8) is 0 Å². The zero-order valence-corrected chi connectivity index (χ0v) is 11.5. The maximum absolute atomic E-state index is 11.4. The van der Waals surface area contributed by atoms with Crippen molar-refractivity contribution >= 4 is 27.3 Å². The molecule has 0 atom stereocenters. The van der Waals surface area contributed by atoms with E-state index in [9.17, 15) is 8.42 Å². The molecule has 0 fully saturated rings. The number of nitrogens with two attached hydrogens (primary N) is 1. The van der Waals surface area contributed by atoms with Crippen LogP contribution >= 0.6 is 11.6 Å². The molecule has 0 saturated heterocycles. The van der Waals surface area contributed by atoms with E-state index in [0.717, 1.165) is 6.26 Å². The SMILES string of the molecule is CS(=O)(=O)c1cnn(-c2ccc(C(=N)N)c(Cl)c2)c1. The molecular formula is C11H11ClN4O2S. The number of nitrogens with zero attached hydrogens (tertiary/aromatic N) is 2. The summed E-state index contributed by atoms with van der Waals surface area (Å²) in [6, 6.07) is 4.81. The van der Waals surface area contributed by atoms with Crippen molar-refractivity contribution in [3.05, 3.63) is 41.2 Å². The zero-order valence-electron chi connectivity index (χ0n) is 9.96. The van der Waals surface area contributed by atoms with Crippen molar-refractivity contribution in [2.75, 3.05) is 6.26 Å². The van der Waals surface area contributed by atoms with E-state index in [-0.39, 0.29) is 10.7 Å². The Kier molecular flexibility index (Phi) is 3.34. The highest BCUT2D eigenvalue weighted by Crippen LogP contribution is 2.20. The number of amidine groups is 1. The first-order valence-corrected chi connectivity index (χ1v) is 7.45. The molecule has 100 valence electrons. The Morgan fingerprint density at radius 2 is 2.16 bits per heavy atom. The normalized spacial score (nSPS) is 11.5. The maximum atomic E-state index is 11.4. The lowest BCUT2D eigenvalue weighted by atomic mass is 10.2. The minimum Gasteiger partial charge on any atom is -0.384 e. The molecule has 8 heteroatoms. The molecule has 0 aliphatic heterocycles. The van der Waals surface area contributed by atoms with Gasteiger partial charge in [-0.3, -0.25) is 5.41 Å². The van der Waals surface area contributed by atoms with Gasteiger partial charge in [-0.25, -0.2) is 13.1 Å². The van der Waals surface area contributed by atoms with Crippen LogP contribution in [0.15, 0.2) is 35.5 Å². The summed E-state index contributed by atoms with van der Waals surface area (Å²) in [5.74, 6) is -0.131. The van der Waals surface area contributed by atoms with Crippen LogP contribution in [-0.4, -0.2) is 30.3 Å². The summed E-state index contributed by atoms with van der Waals surface area (Å²) in [5.41, 5.74) is 6.37. The third-order valence-corrected chi connectivity index (χ3v) is 3.87. The molecule has 0 aliphatic carbocycles. The van der Waals surface area contributed by atoms with Crippen molar-refractivity contribution < 1.29 is 8.42 Å². The molecule has 0 aliphatic rings. The number of benzene rings is 1. The quantitative estimate of drug-likeness (QED) is 0.657. The third kappa shape index (κ3) is 2.77. The molecule has 6 nitrogen and oxygen atoms in total. The summed E-state index contributed by atoms with van der Waals surface area (Å²) in [7, 11) is -3.29. The second kappa shape index (κ2) is 4.67. The number of aromatic nitrogens is 2. The smallest absolute Gasteiger partial charge is 0.178 e. The van der Waals surface area contributed by atoms with E-state index >= 15 is 0 Å². The van der Waals surface area contributed by atoms with Gasteiger partial charge in [-0.05, 0) is 18.2 Å². The van der Waals surface area contributed by atoms with E-state index in [1.165, 1.54) is 17.1 Å². The van der Waals surface area contributed by atoms with Crippen LogP contribution < -0.4 is 5.73 Å². The Balaban J connectivity index is 2.46. The topological polar surface area (TPSA) is 102 Å². The molecular weight excluding hydrogens is 288 g/mol. The van der Waals surface area contributed by atoms with Crippen LogP contribution in [0.3, 0.4) is 0 Å². The van der Waals surface area contributed by atoms with Gasteiger partial charge in [-0.1, -0.05) is 11.6 Å². The minimum absolute atomic E-state index is 0.124. The molecule has 0 amide bonds. The lowest BCUT2D eigenvalue weighted by Crippen LogP contribution is -2.11. The van der Waals surface area contributed by atoms with Crippen LogP contribution in [0.1, 0.15) is 5.56 Å². The first-order valence-electron chi connectivity index (χ1n) is 5.18. The van der Waals surface area contributed by atoms with Crippen LogP contribution in [0, 0.1) is 5.41 Å². The predicted octanol–water partition coefficient (Wildman–Crippen LogP) is 1.21. The summed E-state index contributed by atoms with van der Waals surface area (Å²) < 4.78 is 24.1. The van der Waals surface area contributed by atoms with Crippen LogP contribution in [0.4, 0.5) is 0 Å². The number of nitrogens with one attached hydrogen (secondary N) is 1. The van der Waals surface area contributed by atoms with Crippen LogP contribution in [0.2, 0.25) is 5.02 Å². The molecule has 0 saturated carbocycles. The van der Waals surface area contributed by atoms with Gasteiger partial charge in [0.15, 0.2) is 9.84 Å². The molecule has 1 aromatic carbocycles. The summed E-state index contributed by atoms with van der Waals surface area (Å²) in [6.07, 6.45) is 3.77. The van der Waals surface area contributed by atoms with E-state index in [0.29, 0.717) is 16.3 Å². The fourth-order valence-electron chi connectivity index (χ4n) is 1.50. The average Bonchev–Trinajstić information content (AvgIpc) is 2.76. The van der Waals surface area contributed by atoms with Gasteiger partial charge < -0.3 is 5.73 Å². The first kappa shape index (κ1) is 13.6. The molecule has 19 heavy (non-hydrogen) atoms. The number of rotatable bonds is 3. The number of nitrogen functional groups attached to an aromatic ring is 1. The van der Waals surface area contributed by atoms with E-state index in [4.69, 9.17) is 22.7 Å². The Labute approximate surface area is 115 Å². The third-order valence-electron chi connectivity index (χ3n) is 2.49. The molecule has 3 N–H and O–H groups in total. The summed E-state index contributed by atoms with van der Waals surface area (Å²) in [4.78, 5) is 0.124. The fraction of sp³-hybridized carbons (Fsp3) is 0.0909. The second-order valence-electron chi connectivity index (χ2n) is 3.97. The second-order valence-corrected chi connectivity index (χ2v) is 6.39. The number of halogens is 1. The Bertz CT molecular complexity index is 752. The summed E-state index contributed by atoms with van der Waals surface area (Å²) in [5, 5.41) is 11.6. The van der Waals surface area contributed by atoms with Crippen molar-refractivity contribution in [3.8, 4) is 5.69 Å². The predicted molar refractivity (Wildman–Crippen MR) is 72.7 cm³/mol. The molecule has 0 unspecified atom stereocenters. The molecule has 1 heterocycles. The van der Waals surface area contributed by atoms with Crippen molar-refractivity contribution in [1.29, 1.82) is 5.41 Å². The van der Waals surface area contributed by atoms with Crippen molar-refractivity contribution in [2.24, 2.45) is 5.73 Å². The van der Waals surface area contributed by atoms with Gasteiger partial charge in [0.05, 0.1) is 16.9 Å². The van der Waals surface area contributed by atoms with Gasteiger partial charge in [0.2, 0.25) is 0 Å². The van der Waals surface area contributed by atoms with Crippen LogP contribution in [0.25, 0.3) is 5.69 Å². The van der Waals surface area contributed by atoms with Gasteiger partial charge in [-0.2, -0.15) is 5.10 Å². The Hall–Kier alpha value is -1.86. The Morgan fingerprint density at radius 1 is 1.47 bits per heavy atom. The standard InChI is InChI=1S/C11H11ClN4O2S/c1-19(17,18)8-5-15-16(6-8)7-2-3-9(11(13)14)10(12)4-7/h2-6H,1H3,(H3,13,14). The monoisotopic (exact) mass is 298 g/mol. The first-order chi connectivity index (χ1) is 8.79. The molecule has 2 aromatic rings. The van der Waals surface area contributed by atoms with Crippen LogP contribution in [0.5, 0.6) is 0 Å². The van der Waals surface area contributed by atoms with E-state index in [2.05, 4.69) is 5.10 Å². The number of hydrogen-bond donors (Lipinski definition) is 2. The summed E-state index contributed by atoms with van der Waals surface area (Å²) >= 11 is 5.99. The molecule has 0 bridgehead atoms.